The number of H-pyrrole nitrogens is 1. The number of thiophene rings is 1. The van der Waals surface area contributed by atoms with Crippen molar-refractivity contribution in [3.63, 3.8) is 0 Å². The highest BCUT2D eigenvalue weighted by atomic mass is 32.1. The number of nitrogens with zero attached hydrogens (tertiary/aromatic N) is 2. The van der Waals surface area contributed by atoms with Crippen LogP contribution in [-0.4, -0.2) is 26.4 Å². The summed E-state index contributed by atoms with van der Waals surface area (Å²) in [5.74, 6) is 0.00338. The number of nitrogens with one attached hydrogen (secondary N) is 1. The minimum Gasteiger partial charge on any atom is -0.336 e. The molecule has 1 atom stereocenters. The van der Waals surface area contributed by atoms with E-state index in [9.17, 15) is 14.4 Å². The first kappa shape index (κ1) is 17.2. The van der Waals surface area contributed by atoms with Gasteiger partial charge in [-0.3, -0.25) is 14.6 Å². The molecule has 0 aromatic carbocycles. The largest absolute Gasteiger partial charge is 0.336 e. The minimum absolute atomic E-state index is 0.00338. The summed E-state index contributed by atoms with van der Waals surface area (Å²) in [6.45, 7) is 4.91. The second-order valence-electron chi connectivity index (χ2n) is 5.46. The Kier molecular flexibility index (Phi) is 5.92. The summed E-state index contributed by atoms with van der Waals surface area (Å²) < 4.78 is 1.35. The quantitative estimate of drug-likeness (QED) is 0.838. The average molecular weight is 335 g/mol. The van der Waals surface area contributed by atoms with E-state index in [1.165, 1.54) is 16.8 Å². The first-order chi connectivity index (χ1) is 11.0. The van der Waals surface area contributed by atoms with Gasteiger partial charge in [-0.25, -0.2) is 4.79 Å². The van der Waals surface area contributed by atoms with Crippen LogP contribution in [0.2, 0.25) is 0 Å². The van der Waals surface area contributed by atoms with Gasteiger partial charge in [0.05, 0.1) is 0 Å². The molecule has 0 saturated carbocycles. The lowest BCUT2D eigenvalue weighted by atomic mass is 10.1. The molecule has 0 aliphatic carbocycles. The van der Waals surface area contributed by atoms with Gasteiger partial charge < -0.3 is 9.47 Å². The van der Waals surface area contributed by atoms with E-state index >= 15 is 0 Å². The first-order valence-electron chi connectivity index (χ1n) is 7.61. The van der Waals surface area contributed by atoms with Crippen LogP contribution in [0, 0.1) is 0 Å². The average Bonchev–Trinajstić information content (AvgIpc) is 3.04. The van der Waals surface area contributed by atoms with Crippen molar-refractivity contribution in [1.82, 2.24) is 14.5 Å². The van der Waals surface area contributed by atoms with Crippen LogP contribution in [0.3, 0.4) is 0 Å². The fourth-order valence-electron chi connectivity index (χ4n) is 2.27. The van der Waals surface area contributed by atoms with Crippen LogP contribution < -0.4 is 11.2 Å². The number of carbonyl (C=O) groups excluding carboxylic acids is 1. The van der Waals surface area contributed by atoms with E-state index in [-0.39, 0.29) is 24.9 Å². The molecule has 1 N–H and O–H groups in total. The van der Waals surface area contributed by atoms with Crippen molar-refractivity contribution in [3.8, 4) is 0 Å². The summed E-state index contributed by atoms with van der Waals surface area (Å²) in [4.78, 5) is 39.3. The molecule has 0 spiro atoms. The van der Waals surface area contributed by atoms with Crippen LogP contribution >= 0.6 is 11.3 Å². The Hall–Kier alpha value is -2.15. The second kappa shape index (κ2) is 7.92. The Bertz CT molecular complexity index is 748. The zero-order chi connectivity index (χ0) is 16.8. The first-order valence-corrected chi connectivity index (χ1v) is 8.56. The molecule has 2 heterocycles. The molecule has 0 radical (unpaired) electrons. The Balaban J connectivity index is 2.05. The molecule has 2 aromatic heterocycles. The van der Waals surface area contributed by atoms with Gasteiger partial charge in [-0.2, -0.15) is 11.3 Å². The molecule has 1 amide bonds. The molecular formula is C16H21N3O3S. The fraction of sp³-hybridized carbons (Fsp3) is 0.438. The van der Waals surface area contributed by atoms with Gasteiger partial charge in [0.2, 0.25) is 5.91 Å². The van der Waals surface area contributed by atoms with Crippen molar-refractivity contribution in [3.05, 3.63) is 55.5 Å². The van der Waals surface area contributed by atoms with Crippen molar-refractivity contribution < 1.29 is 4.79 Å². The molecule has 0 aliphatic heterocycles. The lowest BCUT2D eigenvalue weighted by Gasteiger charge is -2.28. The SMILES string of the molecule is CCC(C)N(Cc1ccsc1)C(=O)CCn1ccc(=O)[nH]c1=O. The van der Waals surface area contributed by atoms with Gasteiger partial charge >= 0.3 is 5.69 Å². The smallest absolute Gasteiger partial charge is 0.328 e. The molecule has 2 aromatic rings. The maximum Gasteiger partial charge on any atom is 0.328 e. The van der Waals surface area contributed by atoms with Gasteiger partial charge in [0, 0.05) is 37.8 Å². The maximum absolute atomic E-state index is 12.6. The number of amides is 1. The lowest BCUT2D eigenvalue weighted by Crippen LogP contribution is -2.39. The number of aromatic amines is 1. The monoisotopic (exact) mass is 335 g/mol. The molecule has 7 heteroatoms. The van der Waals surface area contributed by atoms with E-state index < -0.39 is 11.2 Å². The summed E-state index contributed by atoms with van der Waals surface area (Å²) in [5.41, 5.74) is 0.194. The summed E-state index contributed by atoms with van der Waals surface area (Å²) in [6, 6.07) is 3.43. The van der Waals surface area contributed by atoms with Gasteiger partial charge in [-0.15, -0.1) is 0 Å². The molecule has 2 rings (SSSR count). The number of carbonyl (C=O) groups is 1. The molecule has 124 valence electrons. The Morgan fingerprint density at radius 1 is 1.39 bits per heavy atom. The van der Waals surface area contributed by atoms with Crippen LogP contribution in [0.15, 0.2) is 38.7 Å². The van der Waals surface area contributed by atoms with E-state index in [2.05, 4.69) is 4.98 Å². The number of hydrogen-bond acceptors (Lipinski definition) is 4. The maximum atomic E-state index is 12.6. The number of hydrogen-bond donors (Lipinski definition) is 1. The Labute approximate surface area is 138 Å². The van der Waals surface area contributed by atoms with Crippen LogP contribution in [0.1, 0.15) is 32.3 Å². The lowest BCUT2D eigenvalue weighted by molar-refractivity contribution is -0.134. The zero-order valence-electron chi connectivity index (χ0n) is 13.3. The van der Waals surface area contributed by atoms with Crippen molar-refractivity contribution in [2.24, 2.45) is 0 Å². The fourth-order valence-corrected chi connectivity index (χ4v) is 2.93. The van der Waals surface area contributed by atoms with Gasteiger partial charge in [-0.05, 0) is 35.7 Å². The van der Waals surface area contributed by atoms with Gasteiger partial charge in [-0.1, -0.05) is 6.92 Å². The topological polar surface area (TPSA) is 75.2 Å². The molecule has 6 nitrogen and oxygen atoms in total. The highest BCUT2D eigenvalue weighted by molar-refractivity contribution is 7.07. The Morgan fingerprint density at radius 3 is 2.78 bits per heavy atom. The highest BCUT2D eigenvalue weighted by Gasteiger charge is 2.19. The number of aromatic nitrogens is 2. The molecule has 0 aliphatic rings. The van der Waals surface area contributed by atoms with Crippen molar-refractivity contribution >= 4 is 17.2 Å². The Morgan fingerprint density at radius 2 is 2.17 bits per heavy atom. The van der Waals surface area contributed by atoms with Gasteiger partial charge in [0.15, 0.2) is 0 Å². The van der Waals surface area contributed by atoms with Crippen molar-refractivity contribution in [1.29, 1.82) is 0 Å². The van der Waals surface area contributed by atoms with Gasteiger partial charge in [0.1, 0.15) is 0 Å². The normalized spacial score (nSPS) is 12.1. The van der Waals surface area contributed by atoms with Crippen LogP contribution in [0.25, 0.3) is 0 Å². The summed E-state index contributed by atoms with van der Waals surface area (Å²) >= 11 is 1.61. The van der Waals surface area contributed by atoms with E-state index in [0.29, 0.717) is 6.54 Å². The van der Waals surface area contributed by atoms with E-state index in [1.54, 1.807) is 11.3 Å². The third-order valence-corrected chi connectivity index (χ3v) is 4.57. The summed E-state index contributed by atoms with van der Waals surface area (Å²) in [7, 11) is 0. The zero-order valence-corrected chi connectivity index (χ0v) is 14.1. The predicted molar refractivity (Wildman–Crippen MR) is 90.6 cm³/mol. The van der Waals surface area contributed by atoms with E-state index in [1.807, 2.05) is 35.6 Å². The standard InChI is InChI=1S/C16H21N3O3S/c1-3-12(2)19(10-13-6-9-23-11-13)15(21)5-8-18-7-4-14(20)17-16(18)22/h4,6-7,9,11-12H,3,5,8,10H2,1-2H3,(H,17,20,22). The third kappa shape index (κ3) is 4.66. The van der Waals surface area contributed by atoms with Crippen molar-refractivity contribution in [2.45, 2.75) is 45.8 Å². The van der Waals surface area contributed by atoms with Crippen LogP contribution in [-0.2, 0) is 17.9 Å². The van der Waals surface area contributed by atoms with Crippen molar-refractivity contribution in [2.75, 3.05) is 0 Å². The van der Waals surface area contributed by atoms with Gasteiger partial charge in [0.25, 0.3) is 5.56 Å². The molecule has 1 unspecified atom stereocenters. The van der Waals surface area contributed by atoms with Crippen LogP contribution in [0.4, 0.5) is 0 Å². The van der Waals surface area contributed by atoms with E-state index in [0.717, 1.165) is 12.0 Å². The minimum atomic E-state index is -0.488. The predicted octanol–water partition coefficient (Wildman–Crippen LogP) is 1.82. The van der Waals surface area contributed by atoms with Crippen LogP contribution in [0.5, 0.6) is 0 Å². The molecule has 0 fully saturated rings. The number of aryl methyl sites for hydroxylation is 1. The number of rotatable bonds is 7. The highest BCUT2D eigenvalue weighted by Crippen LogP contribution is 2.15. The molecule has 0 saturated heterocycles. The second-order valence-corrected chi connectivity index (χ2v) is 6.24. The summed E-state index contributed by atoms with van der Waals surface area (Å²) in [5, 5.41) is 4.03. The molecular weight excluding hydrogens is 314 g/mol. The third-order valence-electron chi connectivity index (χ3n) is 3.84. The molecule has 0 bridgehead atoms. The van der Waals surface area contributed by atoms with E-state index in [4.69, 9.17) is 0 Å². The molecule has 23 heavy (non-hydrogen) atoms. The summed E-state index contributed by atoms with van der Waals surface area (Å²) in [6.07, 6.45) is 2.51.